The summed E-state index contributed by atoms with van der Waals surface area (Å²) in [6, 6.07) is 10.1. The van der Waals surface area contributed by atoms with Crippen LogP contribution in [0.4, 0.5) is 10.2 Å². The maximum atomic E-state index is 13.3. The van der Waals surface area contributed by atoms with Crippen LogP contribution in [0.3, 0.4) is 0 Å². The van der Waals surface area contributed by atoms with E-state index >= 15 is 0 Å². The van der Waals surface area contributed by atoms with Crippen LogP contribution in [0.5, 0.6) is 11.5 Å². The van der Waals surface area contributed by atoms with Crippen molar-refractivity contribution in [3.05, 3.63) is 30.3 Å². The van der Waals surface area contributed by atoms with Gasteiger partial charge in [0.05, 0.1) is 25.7 Å². The molecule has 0 saturated heterocycles. The van der Waals surface area contributed by atoms with Crippen molar-refractivity contribution in [2.45, 2.75) is 45.0 Å². The zero-order chi connectivity index (χ0) is 24.5. The summed E-state index contributed by atoms with van der Waals surface area (Å²) in [5, 5.41) is 8.27. The van der Waals surface area contributed by atoms with Crippen molar-refractivity contribution in [3.8, 4) is 22.8 Å². The van der Waals surface area contributed by atoms with Gasteiger partial charge in [-0.3, -0.25) is 4.79 Å². The molecule has 1 N–H and O–H groups in total. The summed E-state index contributed by atoms with van der Waals surface area (Å²) >= 11 is 0. The average Bonchev–Trinajstić information content (AvgIpc) is 3.44. The number of benzene rings is 1. The maximum absolute atomic E-state index is 13.3. The van der Waals surface area contributed by atoms with Gasteiger partial charge in [-0.05, 0) is 36.7 Å². The molecule has 8 nitrogen and oxygen atoms in total. The van der Waals surface area contributed by atoms with E-state index in [0.29, 0.717) is 40.8 Å². The smallest absolute Gasteiger partial charge is 0.231 e. The lowest BCUT2D eigenvalue weighted by Gasteiger charge is -2.15. The van der Waals surface area contributed by atoms with E-state index in [1.165, 1.54) is 0 Å². The molecule has 34 heavy (non-hydrogen) atoms. The van der Waals surface area contributed by atoms with Crippen LogP contribution in [0.15, 0.2) is 30.3 Å². The third kappa shape index (κ3) is 5.23. The molecule has 0 unspecified atom stereocenters. The van der Waals surface area contributed by atoms with E-state index in [-0.39, 0.29) is 19.1 Å². The number of pyridine rings is 1. The highest BCUT2D eigenvalue weighted by atomic mass is 28.3. The minimum absolute atomic E-state index is 0.206. The van der Waals surface area contributed by atoms with Crippen LogP contribution in [-0.4, -0.2) is 55.7 Å². The first kappa shape index (κ1) is 24.2. The number of anilines is 1. The lowest BCUT2D eigenvalue weighted by molar-refractivity contribution is -0.117. The molecule has 1 amide bonds. The van der Waals surface area contributed by atoms with Crippen LogP contribution in [0.25, 0.3) is 22.3 Å². The first-order chi connectivity index (χ1) is 16.2. The molecule has 1 fully saturated rings. The number of aromatic nitrogens is 3. The van der Waals surface area contributed by atoms with Gasteiger partial charge in [-0.2, -0.15) is 5.10 Å². The van der Waals surface area contributed by atoms with Crippen LogP contribution in [-0.2, 0) is 16.3 Å². The zero-order valence-electron chi connectivity index (χ0n) is 20.2. The van der Waals surface area contributed by atoms with Gasteiger partial charge >= 0.3 is 0 Å². The van der Waals surface area contributed by atoms with Gasteiger partial charge in [0.25, 0.3) is 0 Å². The SMILES string of the molecule is COc1cccc(OC)c1-c1nn(COCC[Si](C)(C)C)c2nc(NC(=O)[C@@H]3C[C@@H]3F)ccc12. The number of amides is 1. The Morgan fingerprint density at radius 3 is 2.44 bits per heavy atom. The van der Waals surface area contributed by atoms with Gasteiger partial charge in [0, 0.05) is 20.1 Å². The van der Waals surface area contributed by atoms with Crippen LogP contribution in [0.1, 0.15) is 6.42 Å². The fraction of sp³-hybridized carbons (Fsp3) is 0.458. The summed E-state index contributed by atoms with van der Waals surface area (Å²) in [7, 11) is 1.95. The number of ether oxygens (including phenoxy) is 3. The van der Waals surface area contributed by atoms with Crippen molar-refractivity contribution in [2.24, 2.45) is 5.92 Å². The third-order valence-corrected chi connectivity index (χ3v) is 7.47. The number of methoxy groups -OCH3 is 2. The molecule has 1 saturated carbocycles. The van der Waals surface area contributed by atoms with Gasteiger partial charge in [-0.1, -0.05) is 25.7 Å². The van der Waals surface area contributed by atoms with Crippen molar-refractivity contribution >= 4 is 30.8 Å². The quantitative estimate of drug-likeness (QED) is 0.329. The Morgan fingerprint density at radius 1 is 1.18 bits per heavy atom. The second-order valence-electron chi connectivity index (χ2n) is 9.65. The normalized spacial score (nSPS) is 17.6. The van der Waals surface area contributed by atoms with Gasteiger partial charge in [-0.15, -0.1) is 0 Å². The topological polar surface area (TPSA) is 87.5 Å². The Kier molecular flexibility index (Phi) is 6.90. The summed E-state index contributed by atoms with van der Waals surface area (Å²) in [6.07, 6.45) is -0.812. The van der Waals surface area contributed by atoms with Crippen molar-refractivity contribution in [2.75, 3.05) is 26.1 Å². The van der Waals surface area contributed by atoms with E-state index < -0.39 is 20.2 Å². The molecular weight excluding hydrogens is 455 g/mol. The average molecular weight is 487 g/mol. The third-order valence-electron chi connectivity index (χ3n) is 5.77. The Hall–Kier alpha value is -2.98. The van der Waals surface area contributed by atoms with Crippen molar-refractivity contribution < 1.29 is 23.4 Å². The molecule has 2 aromatic heterocycles. The molecule has 2 heterocycles. The van der Waals surface area contributed by atoms with Crippen LogP contribution >= 0.6 is 0 Å². The number of nitrogens with zero attached hydrogens (tertiary/aromatic N) is 3. The molecule has 10 heteroatoms. The van der Waals surface area contributed by atoms with E-state index in [0.717, 1.165) is 11.4 Å². The molecule has 0 bridgehead atoms. The first-order valence-electron chi connectivity index (χ1n) is 11.3. The van der Waals surface area contributed by atoms with Crippen LogP contribution in [0, 0.1) is 5.92 Å². The molecule has 3 aromatic rings. The van der Waals surface area contributed by atoms with Gasteiger partial charge in [0.1, 0.15) is 35.9 Å². The highest BCUT2D eigenvalue weighted by Crippen LogP contribution is 2.41. The Morgan fingerprint density at radius 2 is 1.85 bits per heavy atom. The second kappa shape index (κ2) is 9.71. The van der Waals surface area contributed by atoms with Crippen molar-refractivity contribution in [1.29, 1.82) is 0 Å². The van der Waals surface area contributed by atoms with E-state index in [2.05, 4.69) is 29.9 Å². The van der Waals surface area contributed by atoms with E-state index in [1.54, 1.807) is 25.0 Å². The monoisotopic (exact) mass is 486 g/mol. The number of carbonyl (C=O) groups excluding carboxylic acids is 1. The number of alkyl halides is 1. The highest BCUT2D eigenvalue weighted by molar-refractivity contribution is 6.76. The van der Waals surface area contributed by atoms with Crippen molar-refractivity contribution in [1.82, 2.24) is 14.8 Å². The second-order valence-corrected chi connectivity index (χ2v) is 15.3. The Labute approximate surface area is 199 Å². The molecule has 0 aliphatic heterocycles. The number of halogens is 1. The maximum Gasteiger partial charge on any atom is 0.231 e. The molecule has 1 aromatic carbocycles. The van der Waals surface area contributed by atoms with Crippen LogP contribution in [0.2, 0.25) is 25.7 Å². The largest absolute Gasteiger partial charge is 0.496 e. The number of carbonyl (C=O) groups is 1. The summed E-state index contributed by atoms with van der Waals surface area (Å²) in [5.74, 6) is 0.624. The fourth-order valence-corrected chi connectivity index (χ4v) is 4.42. The molecule has 0 radical (unpaired) electrons. The molecule has 182 valence electrons. The minimum Gasteiger partial charge on any atom is -0.496 e. The predicted molar refractivity (Wildman–Crippen MR) is 132 cm³/mol. The molecular formula is C24H31FN4O4Si. The number of hydrogen-bond donors (Lipinski definition) is 1. The summed E-state index contributed by atoms with van der Waals surface area (Å²) in [5.41, 5.74) is 1.88. The van der Waals surface area contributed by atoms with Gasteiger partial charge in [0.2, 0.25) is 5.91 Å². The number of nitrogens with one attached hydrogen (secondary N) is 1. The lowest BCUT2D eigenvalue weighted by Crippen LogP contribution is -2.22. The molecule has 1 aliphatic rings. The Bertz CT molecular complexity index is 1170. The van der Waals surface area contributed by atoms with Gasteiger partial charge in [0.15, 0.2) is 5.65 Å². The minimum atomic E-state index is -1.24. The summed E-state index contributed by atoms with van der Waals surface area (Å²) in [4.78, 5) is 16.9. The molecule has 1 aliphatic carbocycles. The van der Waals surface area contributed by atoms with E-state index in [4.69, 9.17) is 19.3 Å². The van der Waals surface area contributed by atoms with Gasteiger partial charge in [-0.25, -0.2) is 14.1 Å². The van der Waals surface area contributed by atoms with Crippen molar-refractivity contribution in [3.63, 3.8) is 0 Å². The first-order valence-corrected chi connectivity index (χ1v) is 15.0. The highest BCUT2D eigenvalue weighted by Gasteiger charge is 2.43. The Balaban J connectivity index is 1.72. The van der Waals surface area contributed by atoms with Gasteiger partial charge < -0.3 is 19.5 Å². The zero-order valence-corrected chi connectivity index (χ0v) is 21.2. The predicted octanol–water partition coefficient (Wildman–Crippen LogP) is 4.72. The van der Waals surface area contributed by atoms with Crippen LogP contribution < -0.4 is 14.8 Å². The summed E-state index contributed by atoms with van der Waals surface area (Å²) < 4.78 is 32.1. The van der Waals surface area contributed by atoms with E-state index in [9.17, 15) is 9.18 Å². The molecule has 0 spiro atoms. The number of hydrogen-bond acceptors (Lipinski definition) is 6. The van der Waals surface area contributed by atoms with E-state index in [1.807, 2.05) is 24.3 Å². The number of rotatable bonds is 10. The molecule has 2 atom stereocenters. The number of fused-ring (bicyclic) bond motifs is 1. The fourth-order valence-electron chi connectivity index (χ4n) is 3.66. The lowest BCUT2D eigenvalue weighted by atomic mass is 10.1. The standard InChI is InChI=1S/C24H31FN4O4Si/c1-31-18-7-6-8-19(32-2)21(18)22-15-9-10-20(27-24(30)16-13-17(16)25)26-23(15)29(28-22)14-33-11-12-34(3,4)5/h6-10,16-17H,11-14H2,1-5H3,(H,26,27,30)/t16-,17+/m1/s1. The summed E-state index contributed by atoms with van der Waals surface area (Å²) in [6.45, 7) is 7.72. The molecule has 4 rings (SSSR count).